The smallest absolute Gasteiger partial charge is 0.0626 e. The molecular weight excluding hydrogens is 226 g/mol. The van der Waals surface area contributed by atoms with Gasteiger partial charge in [-0.3, -0.25) is 0 Å². The highest BCUT2D eigenvalue weighted by Crippen LogP contribution is 2.20. The number of benzene rings is 1. The van der Waals surface area contributed by atoms with Crippen LogP contribution in [0.15, 0.2) is 30.3 Å². The van der Waals surface area contributed by atoms with E-state index in [1.54, 1.807) is 0 Å². The molecule has 0 spiro atoms. The largest absolute Gasteiger partial charge is 0.394 e. The maximum Gasteiger partial charge on any atom is 0.0626 e. The van der Waals surface area contributed by atoms with E-state index in [2.05, 4.69) is 24.4 Å². The van der Waals surface area contributed by atoms with E-state index in [0.717, 1.165) is 31.4 Å². The molecule has 1 aliphatic rings. The summed E-state index contributed by atoms with van der Waals surface area (Å²) in [6, 6.07) is 10.6. The van der Waals surface area contributed by atoms with Gasteiger partial charge in [0.1, 0.15) is 0 Å². The Kier molecular flexibility index (Phi) is 5.17. The molecule has 18 heavy (non-hydrogen) atoms. The van der Waals surface area contributed by atoms with Crippen LogP contribution in [-0.2, 0) is 4.74 Å². The average Bonchev–Trinajstić information content (AvgIpc) is 2.46. The minimum absolute atomic E-state index is 0.0341. The predicted molar refractivity (Wildman–Crippen MR) is 72.5 cm³/mol. The van der Waals surface area contributed by atoms with Crippen molar-refractivity contribution >= 4 is 0 Å². The van der Waals surface area contributed by atoms with Crippen LogP contribution in [0.4, 0.5) is 0 Å². The second-order valence-electron chi connectivity index (χ2n) is 4.93. The summed E-state index contributed by atoms with van der Waals surface area (Å²) in [7, 11) is 0. The van der Waals surface area contributed by atoms with Crippen molar-refractivity contribution in [2.24, 2.45) is 0 Å². The Morgan fingerprint density at radius 2 is 2.17 bits per heavy atom. The Bertz CT molecular complexity index is 342. The fourth-order valence-electron chi connectivity index (χ4n) is 2.54. The zero-order valence-corrected chi connectivity index (χ0v) is 11.0. The van der Waals surface area contributed by atoms with Gasteiger partial charge in [0.25, 0.3) is 0 Å². The SMILES string of the molecule is CCC1CC(NC(CO)c2ccccc2)CCO1. The summed E-state index contributed by atoms with van der Waals surface area (Å²) in [5.74, 6) is 0. The first-order valence-electron chi connectivity index (χ1n) is 6.87. The van der Waals surface area contributed by atoms with Crippen LogP contribution in [0.1, 0.15) is 37.8 Å². The normalized spacial score (nSPS) is 25.9. The zero-order chi connectivity index (χ0) is 12.8. The van der Waals surface area contributed by atoms with E-state index < -0.39 is 0 Å². The third-order valence-electron chi connectivity index (χ3n) is 3.64. The topological polar surface area (TPSA) is 41.5 Å². The lowest BCUT2D eigenvalue weighted by Crippen LogP contribution is -2.41. The highest BCUT2D eigenvalue weighted by atomic mass is 16.5. The van der Waals surface area contributed by atoms with Crippen molar-refractivity contribution in [1.29, 1.82) is 0 Å². The van der Waals surface area contributed by atoms with Crippen molar-refractivity contribution < 1.29 is 9.84 Å². The molecule has 1 aliphatic heterocycles. The number of nitrogens with one attached hydrogen (secondary N) is 1. The van der Waals surface area contributed by atoms with Crippen LogP contribution in [0.2, 0.25) is 0 Å². The molecule has 3 atom stereocenters. The van der Waals surface area contributed by atoms with Crippen molar-refractivity contribution in [3.63, 3.8) is 0 Å². The molecule has 3 nitrogen and oxygen atoms in total. The Morgan fingerprint density at radius 3 is 2.83 bits per heavy atom. The average molecular weight is 249 g/mol. The first kappa shape index (κ1) is 13.5. The van der Waals surface area contributed by atoms with Gasteiger partial charge in [0.05, 0.1) is 18.8 Å². The monoisotopic (exact) mass is 249 g/mol. The van der Waals surface area contributed by atoms with Gasteiger partial charge in [0.15, 0.2) is 0 Å². The molecule has 0 saturated carbocycles. The van der Waals surface area contributed by atoms with E-state index in [9.17, 15) is 5.11 Å². The first-order valence-corrected chi connectivity index (χ1v) is 6.87. The van der Waals surface area contributed by atoms with E-state index in [-0.39, 0.29) is 12.6 Å². The van der Waals surface area contributed by atoms with Crippen LogP contribution < -0.4 is 5.32 Å². The van der Waals surface area contributed by atoms with Gasteiger partial charge >= 0.3 is 0 Å². The van der Waals surface area contributed by atoms with E-state index in [1.807, 2.05) is 18.2 Å². The van der Waals surface area contributed by atoms with Gasteiger partial charge in [-0.15, -0.1) is 0 Å². The molecule has 0 radical (unpaired) electrons. The Morgan fingerprint density at radius 1 is 1.39 bits per heavy atom. The lowest BCUT2D eigenvalue weighted by molar-refractivity contribution is -0.00335. The summed E-state index contributed by atoms with van der Waals surface area (Å²) in [4.78, 5) is 0. The Labute approximate surface area is 109 Å². The van der Waals surface area contributed by atoms with Crippen LogP contribution in [0.5, 0.6) is 0 Å². The molecular formula is C15H23NO2. The minimum Gasteiger partial charge on any atom is -0.394 e. The fourth-order valence-corrected chi connectivity index (χ4v) is 2.54. The summed E-state index contributed by atoms with van der Waals surface area (Å²) in [6.07, 6.45) is 3.50. The Hall–Kier alpha value is -0.900. The third-order valence-corrected chi connectivity index (χ3v) is 3.64. The van der Waals surface area contributed by atoms with Crippen LogP contribution in [0.3, 0.4) is 0 Å². The van der Waals surface area contributed by atoms with Gasteiger partial charge in [0, 0.05) is 12.6 Å². The molecule has 0 aliphatic carbocycles. The second-order valence-corrected chi connectivity index (χ2v) is 4.93. The summed E-state index contributed by atoms with van der Waals surface area (Å²) in [6.45, 7) is 3.12. The molecule has 1 saturated heterocycles. The van der Waals surface area contributed by atoms with Crippen molar-refractivity contribution in [2.75, 3.05) is 13.2 Å². The van der Waals surface area contributed by atoms with Crippen molar-refractivity contribution in [2.45, 2.75) is 44.4 Å². The van der Waals surface area contributed by atoms with Gasteiger partial charge in [0.2, 0.25) is 0 Å². The van der Waals surface area contributed by atoms with E-state index in [4.69, 9.17) is 4.74 Å². The van der Waals surface area contributed by atoms with Crippen molar-refractivity contribution in [1.82, 2.24) is 5.32 Å². The van der Waals surface area contributed by atoms with E-state index in [0.29, 0.717) is 12.1 Å². The predicted octanol–water partition coefficient (Wildman–Crippen LogP) is 2.27. The molecule has 100 valence electrons. The second kappa shape index (κ2) is 6.88. The zero-order valence-electron chi connectivity index (χ0n) is 11.0. The van der Waals surface area contributed by atoms with E-state index in [1.165, 1.54) is 0 Å². The number of aliphatic hydroxyl groups is 1. The number of hydrogen-bond donors (Lipinski definition) is 2. The van der Waals surface area contributed by atoms with Gasteiger partial charge in [-0.2, -0.15) is 0 Å². The van der Waals surface area contributed by atoms with Crippen LogP contribution in [0, 0.1) is 0 Å². The van der Waals surface area contributed by atoms with Crippen molar-refractivity contribution in [3.05, 3.63) is 35.9 Å². The lowest BCUT2D eigenvalue weighted by atomic mass is 9.99. The summed E-state index contributed by atoms with van der Waals surface area (Å²) >= 11 is 0. The molecule has 0 bridgehead atoms. The van der Waals surface area contributed by atoms with Crippen LogP contribution in [-0.4, -0.2) is 30.5 Å². The van der Waals surface area contributed by atoms with Gasteiger partial charge in [-0.1, -0.05) is 37.3 Å². The molecule has 1 aromatic carbocycles. The minimum atomic E-state index is 0.0341. The molecule has 3 heteroatoms. The van der Waals surface area contributed by atoms with Crippen molar-refractivity contribution in [3.8, 4) is 0 Å². The number of rotatable bonds is 5. The molecule has 1 heterocycles. The highest BCUT2D eigenvalue weighted by molar-refractivity contribution is 5.19. The Balaban J connectivity index is 1.94. The fraction of sp³-hybridized carbons (Fsp3) is 0.600. The van der Waals surface area contributed by atoms with Gasteiger partial charge < -0.3 is 15.2 Å². The maximum absolute atomic E-state index is 9.54. The summed E-state index contributed by atoms with van der Waals surface area (Å²) in [5, 5.41) is 13.1. The lowest BCUT2D eigenvalue weighted by Gasteiger charge is -2.32. The maximum atomic E-state index is 9.54. The summed E-state index contributed by atoms with van der Waals surface area (Å²) < 4.78 is 5.68. The molecule has 0 aromatic heterocycles. The molecule has 2 rings (SSSR count). The first-order chi connectivity index (χ1) is 8.83. The summed E-state index contributed by atoms with van der Waals surface area (Å²) in [5.41, 5.74) is 1.15. The van der Waals surface area contributed by atoms with Crippen LogP contribution in [0.25, 0.3) is 0 Å². The highest BCUT2D eigenvalue weighted by Gasteiger charge is 2.23. The van der Waals surface area contributed by atoms with Gasteiger partial charge in [-0.25, -0.2) is 0 Å². The number of aliphatic hydroxyl groups excluding tert-OH is 1. The molecule has 2 N–H and O–H groups in total. The number of ether oxygens (including phenoxy) is 1. The molecule has 1 fully saturated rings. The standard InChI is InChI=1S/C15H23NO2/c1-2-14-10-13(8-9-18-14)16-15(11-17)12-6-4-3-5-7-12/h3-7,13-17H,2,8-11H2,1H3. The molecule has 3 unspecified atom stereocenters. The molecule has 1 aromatic rings. The van der Waals surface area contributed by atoms with Crippen LogP contribution >= 0.6 is 0 Å². The third kappa shape index (κ3) is 3.55. The number of hydrogen-bond acceptors (Lipinski definition) is 3. The van der Waals surface area contributed by atoms with Gasteiger partial charge in [-0.05, 0) is 24.8 Å². The van der Waals surface area contributed by atoms with E-state index >= 15 is 0 Å². The molecule has 0 amide bonds. The quantitative estimate of drug-likeness (QED) is 0.841.